The minimum absolute atomic E-state index is 0.0790. The Morgan fingerprint density at radius 3 is 2.57 bits per heavy atom. The van der Waals surface area contributed by atoms with Gasteiger partial charge in [-0.05, 0) is 43.3 Å². The third-order valence-corrected chi connectivity index (χ3v) is 8.89. The number of rotatable bonds is 2. The third-order valence-electron chi connectivity index (χ3n) is 8.89. The van der Waals surface area contributed by atoms with Crippen molar-refractivity contribution in [3.63, 3.8) is 0 Å². The molecule has 0 aliphatic heterocycles. The summed E-state index contributed by atoms with van der Waals surface area (Å²) in [4.78, 5) is 36.8. The zero-order chi connectivity index (χ0) is 20.7. The van der Waals surface area contributed by atoms with Crippen molar-refractivity contribution in [2.75, 3.05) is 6.61 Å². The molecule has 28 heavy (non-hydrogen) atoms. The number of Topliss-reactive ketones (excluding diaryl/α,β-unsaturated/α-hetero) is 2. The number of aliphatic hydroxyl groups excluding tert-OH is 1. The van der Waals surface area contributed by atoms with Gasteiger partial charge in [-0.25, -0.2) is 4.39 Å². The second-order valence-electron chi connectivity index (χ2n) is 9.50. The summed E-state index contributed by atoms with van der Waals surface area (Å²) in [5.41, 5.74) is -4.83. The van der Waals surface area contributed by atoms with Crippen LogP contribution in [-0.4, -0.2) is 45.4 Å². The summed E-state index contributed by atoms with van der Waals surface area (Å²) in [7, 11) is 0. The molecule has 0 aromatic rings. The predicted octanol–water partition coefficient (Wildman–Crippen LogP) is 2.10. The summed E-state index contributed by atoms with van der Waals surface area (Å²) in [5, 5.41) is 20.5. The van der Waals surface area contributed by atoms with E-state index in [0.717, 1.165) is 0 Å². The molecule has 6 heteroatoms. The highest BCUT2D eigenvalue weighted by Gasteiger charge is 2.72. The van der Waals surface area contributed by atoms with Crippen LogP contribution in [0.1, 0.15) is 46.5 Å². The molecule has 5 nitrogen and oxygen atoms in total. The molecular formula is C22H27FO5. The third kappa shape index (κ3) is 1.96. The molecule has 2 N–H and O–H groups in total. The van der Waals surface area contributed by atoms with Crippen LogP contribution >= 0.6 is 0 Å². The normalized spacial score (nSPS) is 49.9. The Hall–Kier alpha value is -1.66. The average Bonchev–Trinajstić information content (AvgIpc) is 2.94. The van der Waals surface area contributed by atoms with Crippen LogP contribution in [0.3, 0.4) is 0 Å². The maximum atomic E-state index is 16.9. The van der Waals surface area contributed by atoms with E-state index >= 15 is 4.39 Å². The molecule has 0 heterocycles. The van der Waals surface area contributed by atoms with Gasteiger partial charge in [0.25, 0.3) is 0 Å². The lowest BCUT2D eigenvalue weighted by molar-refractivity contribution is -0.178. The topological polar surface area (TPSA) is 91.7 Å². The summed E-state index contributed by atoms with van der Waals surface area (Å²) in [6.45, 7) is 4.43. The molecule has 1 unspecified atom stereocenters. The van der Waals surface area contributed by atoms with Gasteiger partial charge in [0.1, 0.15) is 17.9 Å². The first kappa shape index (κ1) is 19.6. The van der Waals surface area contributed by atoms with Gasteiger partial charge in [0.15, 0.2) is 5.78 Å². The SMILES string of the molecule is CC1C(=O)C(=O)C=C2C=C[C@H]3[C@@H]4CC[C@](O)(C(=O)CO)[C@@]4(C)CC[C@]3(F)[C@]21C. The Bertz CT molecular complexity index is 846. The smallest absolute Gasteiger partial charge is 0.222 e. The number of halogens is 1. The summed E-state index contributed by atoms with van der Waals surface area (Å²) in [5.74, 6) is -3.40. The van der Waals surface area contributed by atoms with Gasteiger partial charge in [-0.2, -0.15) is 0 Å². The van der Waals surface area contributed by atoms with Crippen molar-refractivity contribution in [1.29, 1.82) is 0 Å². The van der Waals surface area contributed by atoms with Gasteiger partial charge in [-0.3, -0.25) is 14.4 Å². The molecule has 0 saturated heterocycles. The van der Waals surface area contributed by atoms with Gasteiger partial charge in [0.2, 0.25) is 11.6 Å². The number of alkyl halides is 1. The molecule has 7 atom stereocenters. The van der Waals surface area contributed by atoms with Gasteiger partial charge in [0, 0.05) is 22.7 Å². The van der Waals surface area contributed by atoms with Crippen LogP contribution in [-0.2, 0) is 14.4 Å². The lowest BCUT2D eigenvalue weighted by Gasteiger charge is -2.61. The predicted molar refractivity (Wildman–Crippen MR) is 98.9 cm³/mol. The molecule has 0 aromatic heterocycles. The lowest BCUT2D eigenvalue weighted by atomic mass is 9.44. The van der Waals surface area contributed by atoms with E-state index in [2.05, 4.69) is 0 Å². The molecule has 0 aromatic carbocycles. The Morgan fingerprint density at radius 1 is 1.25 bits per heavy atom. The summed E-state index contributed by atoms with van der Waals surface area (Å²) >= 11 is 0. The van der Waals surface area contributed by atoms with Crippen LogP contribution in [0, 0.1) is 28.6 Å². The number of aliphatic hydroxyl groups is 2. The summed E-state index contributed by atoms with van der Waals surface area (Å²) in [6, 6.07) is 0. The van der Waals surface area contributed by atoms with Crippen molar-refractivity contribution in [1.82, 2.24) is 0 Å². The van der Waals surface area contributed by atoms with Gasteiger partial charge >= 0.3 is 0 Å². The molecule has 152 valence electrons. The molecule has 4 aliphatic rings. The van der Waals surface area contributed by atoms with Crippen molar-refractivity contribution in [2.45, 2.75) is 57.7 Å². The monoisotopic (exact) mass is 390 g/mol. The van der Waals surface area contributed by atoms with Crippen LogP contribution < -0.4 is 0 Å². The molecule has 2 fully saturated rings. The minimum Gasteiger partial charge on any atom is -0.388 e. The van der Waals surface area contributed by atoms with E-state index < -0.39 is 57.9 Å². The molecule has 4 aliphatic carbocycles. The highest BCUT2D eigenvalue weighted by Crippen LogP contribution is 2.69. The quantitative estimate of drug-likeness (QED) is 0.705. The fourth-order valence-corrected chi connectivity index (χ4v) is 6.77. The maximum absolute atomic E-state index is 16.9. The number of ketones is 3. The van der Waals surface area contributed by atoms with Crippen LogP contribution in [0.25, 0.3) is 0 Å². The number of allylic oxidation sites excluding steroid dienone is 4. The van der Waals surface area contributed by atoms with E-state index in [1.54, 1.807) is 26.0 Å². The zero-order valence-electron chi connectivity index (χ0n) is 16.5. The number of carbonyl (C=O) groups is 3. The van der Waals surface area contributed by atoms with Crippen molar-refractivity contribution < 1.29 is 29.0 Å². The Balaban J connectivity index is 1.84. The van der Waals surface area contributed by atoms with E-state index in [-0.39, 0.29) is 25.2 Å². The highest BCUT2D eigenvalue weighted by molar-refractivity contribution is 6.43. The van der Waals surface area contributed by atoms with Gasteiger partial charge in [0.05, 0.1) is 0 Å². The van der Waals surface area contributed by atoms with Gasteiger partial charge in [-0.15, -0.1) is 0 Å². The minimum atomic E-state index is -1.75. The first-order chi connectivity index (χ1) is 13.0. The van der Waals surface area contributed by atoms with Crippen LogP contribution in [0.5, 0.6) is 0 Å². The Labute approximate surface area is 163 Å². The van der Waals surface area contributed by atoms with E-state index in [1.807, 2.05) is 6.92 Å². The van der Waals surface area contributed by atoms with E-state index in [1.165, 1.54) is 6.08 Å². The maximum Gasteiger partial charge on any atom is 0.222 e. The van der Waals surface area contributed by atoms with Crippen molar-refractivity contribution in [3.8, 4) is 0 Å². The van der Waals surface area contributed by atoms with Gasteiger partial charge in [-0.1, -0.05) is 32.9 Å². The molecule has 0 radical (unpaired) electrons. The fraction of sp³-hybridized carbons (Fsp3) is 0.682. The fourth-order valence-electron chi connectivity index (χ4n) is 6.77. The average molecular weight is 390 g/mol. The van der Waals surface area contributed by atoms with E-state index in [4.69, 9.17) is 0 Å². The number of fused-ring (bicyclic) bond motifs is 5. The van der Waals surface area contributed by atoms with Crippen LogP contribution in [0.2, 0.25) is 0 Å². The largest absolute Gasteiger partial charge is 0.388 e. The molecular weight excluding hydrogens is 363 g/mol. The first-order valence-corrected chi connectivity index (χ1v) is 10.0. The van der Waals surface area contributed by atoms with E-state index in [0.29, 0.717) is 12.0 Å². The summed E-state index contributed by atoms with van der Waals surface area (Å²) < 4.78 is 16.9. The Morgan fingerprint density at radius 2 is 1.93 bits per heavy atom. The second-order valence-corrected chi connectivity index (χ2v) is 9.50. The molecule has 4 rings (SSSR count). The first-order valence-electron chi connectivity index (χ1n) is 10.0. The van der Waals surface area contributed by atoms with Crippen molar-refractivity contribution in [3.05, 3.63) is 23.8 Å². The second kappa shape index (κ2) is 5.70. The van der Waals surface area contributed by atoms with Crippen molar-refractivity contribution in [2.24, 2.45) is 28.6 Å². The van der Waals surface area contributed by atoms with Gasteiger partial charge < -0.3 is 10.2 Å². The standard InChI is InChI=1S/C22H27FO5/c1-12-18(27)16(25)10-13-4-5-15-14-6-7-22(28,17(26)11-24)19(14,2)8-9-21(15,23)20(12,13)3/h4-5,10,12,14-15,24,28H,6-9,11H2,1-3H3/t12?,14-,15-,19-,20-,21+,22-/m0/s1. The molecule has 2 saturated carbocycles. The molecule has 0 amide bonds. The zero-order valence-corrected chi connectivity index (χ0v) is 16.5. The number of hydrogen-bond donors (Lipinski definition) is 2. The molecule has 0 bridgehead atoms. The highest BCUT2D eigenvalue weighted by atomic mass is 19.1. The Kier molecular flexibility index (Phi) is 4.00. The van der Waals surface area contributed by atoms with E-state index in [9.17, 15) is 24.6 Å². The summed E-state index contributed by atoms with van der Waals surface area (Å²) in [6.07, 6.45) is 5.80. The van der Waals surface area contributed by atoms with Crippen LogP contribution in [0.15, 0.2) is 23.8 Å². The van der Waals surface area contributed by atoms with Crippen molar-refractivity contribution >= 4 is 17.3 Å². The molecule has 0 spiro atoms. The number of hydrogen-bond acceptors (Lipinski definition) is 5. The van der Waals surface area contributed by atoms with Crippen LogP contribution in [0.4, 0.5) is 4.39 Å². The number of carbonyl (C=O) groups excluding carboxylic acids is 3. The lowest BCUT2D eigenvalue weighted by Crippen LogP contribution is -2.65.